The van der Waals surface area contributed by atoms with Gasteiger partial charge in [0.15, 0.2) is 11.5 Å². The van der Waals surface area contributed by atoms with Gasteiger partial charge in [-0.25, -0.2) is 4.98 Å². The third-order valence-electron chi connectivity index (χ3n) is 2.28. The van der Waals surface area contributed by atoms with Crippen LogP contribution in [0.3, 0.4) is 0 Å². The number of nitrogens with zero attached hydrogens (tertiary/aromatic N) is 1. The molecule has 0 amide bonds. The van der Waals surface area contributed by atoms with Crippen LogP contribution in [0.25, 0.3) is 10.2 Å². The van der Waals surface area contributed by atoms with Crippen molar-refractivity contribution in [2.24, 2.45) is 0 Å². The van der Waals surface area contributed by atoms with Crippen molar-refractivity contribution in [2.75, 3.05) is 14.2 Å². The highest BCUT2D eigenvalue weighted by Crippen LogP contribution is 2.42. The molecule has 0 aliphatic rings. The number of hydrogen-bond donors (Lipinski definition) is 2. The van der Waals surface area contributed by atoms with Crippen molar-refractivity contribution < 1.29 is 23.8 Å². The third-order valence-corrected chi connectivity index (χ3v) is 4.22. The summed E-state index contributed by atoms with van der Waals surface area (Å²) >= 11 is 1.23. The van der Waals surface area contributed by atoms with Gasteiger partial charge in [0.05, 0.1) is 24.4 Å². The van der Waals surface area contributed by atoms with Crippen LogP contribution in [-0.4, -0.2) is 29.0 Å². The van der Waals surface area contributed by atoms with E-state index in [1.807, 2.05) is 0 Å². The Labute approximate surface area is 107 Å². The Hall–Kier alpha value is -1.14. The van der Waals surface area contributed by atoms with E-state index in [9.17, 15) is 4.57 Å². The SMILES string of the molecule is COc1cc2nc(CP(=O)(O)O)sc2cc1OC. The minimum absolute atomic E-state index is 0.350. The van der Waals surface area contributed by atoms with Gasteiger partial charge in [-0.1, -0.05) is 0 Å². The van der Waals surface area contributed by atoms with Gasteiger partial charge in [-0.15, -0.1) is 11.3 Å². The van der Waals surface area contributed by atoms with E-state index in [1.165, 1.54) is 25.6 Å². The zero-order chi connectivity index (χ0) is 13.3. The van der Waals surface area contributed by atoms with Gasteiger partial charge >= 0.3 is 7.60 Å². The molecule has 0 fully saturated rings. The fourth-order valence-electron chi connectivity index (χ4n) is 1.55. The molecule has 0 saturated carbocycles. The predicted octanol–water partition coefficient (Wildman–Crippen LogP) is 1.99. The third kappa shape index (κ3) is 2.81. The van der Waals surface area contributed by atoms with E-state index < -0.39 is 7.60 Å². The zero-order valence-corrected chi connectivity index (χ0v) is 11.5. The van der Waals surface area contributed by atoms with Crippen LogP contribution < -0.4 is 9.47 Å². The molecule has 0 bridgehead atoms. The van der Waals surface area contributed by atoms with Gasteiger partial charge in [0.25, 0.3) is 0 Å². The summed E-state index contributed by atoms with van der Waals surface area (Å²) in [6, 6.07) is 3.43. The van der Waals surface area contributed by atoms with Gasteiger partial charge in [0, 0.05) is 12.1 Å². The number of benzene rings is 1. The Balaban J connectivity index is 2.48. The van der Waals surface area contributed by atoms with Crippen molar-refractivity contribution >= 4 is 29.1 Å². The van der Waals surface area contributed by atoms with Gasteiger partial charge in [-0.3, -0.25) is 4.57 Å². The minimum Gasteiger partial charge on any atom is -0.493 e. The molecule has 1 aromatic heterocycles. The molecular weight excluding hydrogens is 277 g/mol. The molecule has 2 N–H and O–H groups in total. The molecule has 0 aliphatic carbocycles. The van der Waals surface area contributed by atoms with Crippen molar-refractivity contribution in [2.45, 2.75) is 6.16 Å². The molecule has 1 heterocycles. The van der Waals surface area contributed by atoms with Crippen molar-refractivity contribution in [3.05, 3.63) is 17.1 Å². The van der Waals surface area contributed by atoms with Gasteiger partial charge in [0.1, 0.15) is 11.2 Å². The van der Waals surface area contributed by atoms with Crippen LogP contribution in [-0.2, 0) is 10.7 Å². The van der Waals surface area contributed by atoms with Crippen LogP contribution in [0.1, 0.15) is 5.01 Å². The van der Waals surface area contributed by atoms with E-state index >= 15 is 0 Å². The summed E-state index contributed by atoms with van der Waals surface area (Å²) in [6.07, 6.45) is -0.350. The standard InChI is InChI=1S/C10H12NO5PS/c1-15-7-3-6-9(4-8(7)16-2)18-10(11-6)5-17(12,13)14/h3-4H,5H2,1-2H3,(H2,12,13,14). The van der Waals surface area contributed by atoms with Gasteiger partial charge in [0.2, 0.25) is 0 Å². The van der Waals surface area contributed by atoms with E-state index in [1.54, 1.807) is 12.1 Å². The van der Waals surface area contributed by atoms with E-state index in [0.717, 1.165) is 4.70 Å². The molecule has 0 spiro atoms. The maximum absolute atomic E-state index is 10.9. The molecule has 2 rings (SSSR count). The van der Waals surface area contributed by atoms with Crippen LogP contribution in [0.4, 0.5) is 0 Å². The summed E-state index contributed by atoms with van der Waals surface area (Å²) in [5.41, 5.74) is 0.640. The van der Waals surface area contributed by atoms with E-state index in [0.29, 0.717) is 22.0 Å². The first-order valence-corrected chi connectivity index (χ1v) is 7.60. The molecule has 8 heteroatoms. The summed E-state index contributed by atoms with van der Waals surface area (Å²) < 4.78 is 22.0. The highest BCUT2D eigenvalue weighted by Gasteiger charge is 2.18. The van der Waals surface area contributed by atoms with Crippen LogP contribution in [0.15, 0.2) is 12.1 Å². The van der Waals surface area contributed by atoms with Crippen LogP contribution in [0, 0.1) is 0 Å². The fourth-order valence-corrected chi connectivity index (χ4v) is 3.51. The van der Waals surface area contributed by atoms with Crippen molar-refractivity contribution in [3.63, 3.8) is 0 Å². The quantitative estimate of drug-likeness (QED) is 0.837. The lowest BCUT2D eigenvalue weighted by molar-refractivity contribution is 0.356. The number of rotatable bonds is 4. The largest absolute Gasteiger partial charge is 0.493 e. The number of fused-ring (bicyclic) bond motifs is 1. The predicted molar refractivity (Wildman–Crippen MR) is 68.5 cm³/mol. The Bertz CT molecular complexity index is 579. The molecule has 6 nitrogen and oxygen atoms in total. The maximum Gasteiger partial charge on any atom is 0.332 e. The second-order valence-electron chi connectivity index (χ2n) is 3.61. The smallest absolute Gasteiger partial charge is 0.332 e. The molecule has 0 atom stereocenters. The Kier molecular flexibility index (Phi) is 3.59. The van der Waals surface area contributed by atoms with Crippen LogP contribution in [0.5, 0.6) is 11.5 Å². The number of ether oxygens (including phenoxy) is 2. The van der Waals surface area contributed by atoms with Crippen molar-refractivity contribution in [1.29, 1.82) is 0 Å². The maximum atomic E-state index is 10.9. The average Bonchev–Trinajstić information content (AvgIpc) is 2.65. The van der Waals surface area contributed by atoms with Crippen molar-refractivity contribution in [1.82, 2.24) is 4.98 Å². The molecule has 0 aliphatic heterocycles. The fraction of sp³-hybridized carbons (Fsp3) is 0.300. The minimum atomic E-state index is -4.10. The normalized spacial score (nSPS) is 11.8. The lowest BCUT2D eigenvalue weighted by Crippen LogP contribution is -1.89. The summed E-state index contributed by atoms with van der Waals surface area (Å²) in [4.78, 5) is 22.0. The number of hydrogen-bond acceptors (Lipinski definition) is 5. The number of methoxy groups -OCH3 is 2. The lowest BCUT2D eigenvalue weighted by atomic mass is 10.3. The Morgan fingerprint density at radius 2 is 1.89 bits per heavy atom. The van der Waals surface area contributed by atoms with Gasteiger partial charge in [-0.2, -0.15) is 0 Å². The molecule has 1 aromatic carbocycles. The number of aromatic nitrogens is 1. The summed E-state index contributed by atoms with van der Waals surface area (Å²) in [5, 5.41) is 0.397. The van der Waals surface area contributed by atoms with Gasteiger partial charge in [-0.05, 0) is 0 Å². The Morgan fingerprint density at radius 1 is 1.28 bits per heavy atom. The summed E-state index contributed by atoms with van der Waals surface area (Å²) in [7, 11) is -1.05. The molecule has 0 saturated heterocycles. The molecule has 0 unspecified atom stereocenters. The molecule has 0 radical (unpaired) electrons. The molecule has 98 valence electrons. The van der Waals surface area contributed by atoms with Crippen molar-refractivity contribution in [3.8, 4) is 11.5 Å². The zero-order valence-electron chi connectivity index (χ0n) is 9.78. The van der Waals surface area contributed by atoms with Crippen LogP contribution >= 0.6 is 18.9 Å². The van der Waals surface area contributed by atoms with E-state index in [-0.39, 0.29) is 6.16 Å². The first-order valence-electron chi connectivity index (χ1n) is 4.99. The second kappa shape index (κ2) is 4.85. The van der Waals surface area contributed by atoms with E-state index in [4.69, 9.17) is 19.3 Å². The topological polar surface area (TPSA) is 88.9 Å². The first-order chi connectivity index (χ1) is 8.43. The lowest BCUT2D eigenvalue weighted by Gasteiger charge is -2.05. The number of thiazole rings is 1. The second-order valence-corrected chi connectivity index (χ2v) is 6.37. The molecular formula is C10H12NO5PS. The molecule has 18 heavy (non-hydrogen) atoms. The Morgan fingerprint density at radius 3 is 2.44 bits per heavy atom. The first kappa shape index (κ1) is 13.3. The highest BCUT2D eigenvalue weighted by molar-refractivity contribution is 7.51. The van der Waals surface area contributed by atoms with Crippen LogP contribution in [0.2, 0.25) is 0 Å². The summed E-state index contributed by atoms with van der Waals surface area (Å²) in [5.74, 6) is 1.11. The molecule has 2 aromatic rings. The monoisotopic (exact) mass is 289 g/mol. The van der Waals surface area contributed by atoms with E-state index in [2.05, 4.69) is 4.98 Å². The average molecular weight is 289 g/mol. The summed E-state index contributed by atoms with van der Waals surface area (Å²) in [6.45, 7) is 0. The van der Waals surface area contributed by atoms with Gasteiger partial charge < -0.3 is 19.3 Å². The highest BCUT2D eigenvalue weighted by atomic mass is 32.1.